The smallest absolute Gasteiger partial charge is 0.270 e. The highest BCUT2D eigenvalue weighted by Crippen LogP contribution is 2.13. The lowest BCUT2D eigenvalue weighted by molar-refractivity contribution is -0.741. The molecule has 2 aromatic rings. The zero-order chi connectivity index (χ0) is 13.0. The number of aromatic nitrogens is 2. The Morgan fingerprint density at radius 3 is 2.83 bits per heavy atom. The van der Waals surface area contributed by atoms with Crippen LogP contribution < -0.4 is 4.68 Å². The summed E-state index contributed by atoms with van der Waals surface area (Å²) in [6, 6.07) is 9.17. The van der Waals surface area contributed by atoms with Gasteiger partial charge in [0.15, 0.2) is 6.20 Å². The quantitative estimate of drug-likeness (QED) is 0.350. The molecule has 1 aromatic carbocycles. The van der Waals surface area contributed by atoms with Crippen LogP contribution in [0.25, 0.3) is 0 Å². The van der Waals surface area contributed by atoms with E-state index >= 15 is 0 Å². The number of benzene rings is 1. The number of nitrogens with zero attached hydrogens (tertiary/aromatic N) is 3. The number of carbonyl (C=O) groups excluding carboxylic acids is 1. The van der Waals surface area contributed by atoms with Crippen molar-refractivity contribution in [2.45, 2.75) is 6.54 Å². The first kappa shape index (κ1) is 11.8. The molecule has 0 aliphatic heterocycles. The van der Waals surface area contributed by atoms with Gasteiger partial charge in [-0.15, -0.1) is 0 Å². The molecule has 0 radical (unpaired) electrons. The molecular weight excluding hydrogens is 234 g/mol. The standard InChI is InChI=1S/C12H10N3O3/c16-12(9-14-7-2-1-6-13-14)10-4-3-5-11(8-10)15(17)18/h1-8H,9H2/q+1. The molecule has 0 saturated carbocycles. The number of hydrogen-bond donors (Lipinski definition) is 0. The van der Waals surface area contributed by atoms with E-state index in [2.05, 4.69) is 5.10 Å². The molecule has 0 amide bonds. The fourth-order valence-electron chi connectivity index (χ4n) is 1.49. The third-order valence-electron chi connectivity index (χ3n) is 2.35. The van der Waals surface area contributed by atoms with Gasteiger partial charge in [0.25, 0.3) is 5.69 Å². The molecule has 6 heteroatoms. The van der Waals surface area contributed by atoms with Gasteiger partial charge in [-0.1, -0.05) is 16.8 Å². The molecule has 0 spiro atoms. The highest BCUT2D eigenvalue weighted by molar-refractivity contribution is 5.95. The summed E-state index contributed by atoms with van der Waals surface area (Å²) in [6.45, 7) is 0.0575. The summed E-state index contributed by atoms with van der Waals surface area (Å²) in [6.07, 6.45) is 3.23. The molecule has 0 atom stereocenters. The van der Waals surface area contributed by atoms with Crippen LogP contribution in [0.2, 0.25) is 0 Å². The average Bonchev–Trinajstić information content (AvgIpc) is 2.40. The lowest BCUT2D eigenvalue weighted by Gasteiger charge is -1.97. The highest BCUT2D eigenvalue weighted by atomic mass is 16.6. The average molecular weight is 244 g/mol. The number of rotatable bonds is 4. The maximum absolute atomic E-state index is 11.9. The normalized spacial score (nSPS) is 10.0. The topological polar surface area (TPSA) is 77.0 Å². The number of ketones is 1. The van der Waals surface area contributed by atoms with Crippen LogP contribution in [0, 0.1) is 10.1 Å². The molecule has 6 nitrogen and oxygen atoms in total. The summed E-state index contributed by atoms with van der Waals surface area (Å²) in [5, 5.41) is 14.6. The number of nitro groups is 1. The number of nitro benzene ring substituents is 1. The van der Waals surface area contributed by atoms with Gasteiger partial charge in [-0.25, -0.2) is 0 Å². The molecule has 0 bridgehead atoms. The van der Waals surface area contributed by atoms with E-state index in [-0.39, 0.29) is 18.0 Å². The maximum atomic E-state index is 11.9. The van der Waals surface area contributed by atoms with Crippen LogP contribution >= 0.6 is 0 Å². The van der Waals surface area contributed by atoms with Crippen LogP contribution in [0.4, 0.5) is 5.69 Å². The number of carbonyl (C=O) groups is 1. The molecule has 0 unspecified atom stereocenters. The van der Waals surface area contributed by atoms with Gasteiger partial charge in [0, 0.05) is 23.8 Å². The monoisotopic (exact) mass is 244 g/mol. The van der Waals surface area contributed by atoms with Crippen LogP contribution in [0.5, 0.6) is 0 Å². The van der Waals surface area contributed by atoms with E-state index in [9.17, 15) is 14.9 Å². The molecule has 0 fully saturated rings. The van der Waals surface area contributed by atoms with Gasteiger partial charge >= 0.3 is 0 Å². The molecule has 0 aliphatic rings. The molecule has 0 N–H and O–H groups in total. The molecule has 1 aromatic heterocycles. The minimum Gasteiger partial charge on any atom is -0.287 e. The first-order valence-electron chi connectivity index (χ1n) is 5.25. The summed E-state index contributed by atoms with van der Waals surface area (Å²) in [7, 11) is 0. The van der Waals surface area contributed by atoms with Crippen LogP contribution in [-0.4, -0.2) is 15.8 Å². The zero-order valence-electron chi connectivity index (χ0n) is 9.39. The third kappa shape index (κ3) is 2.73. The first-order chi connectivity index (χ1) is 8.66. The van der Waals surface area contributed by atoms with Crippen LogP contribution in [0.1, 0.15) is 10.4 Å². The zero-order valence-corrected chi connectivity index (χ0v) is 9.39. The summed E-state index contributed by atoms with van der Waals surface area (Å²) in [5.74, 6) is -0.220. The number of Topliss-reactive ketones (excluding diaryl/α,β-unsaturated/α-hetero) is 1. The lowest BCUT2D eigenvalue weighted by atomic mass is 10.1. The van der Waals surface area contributed by atoms with Gasteiger partial charge in [-0.2, -0.15) is 0 Å². The molecule has 18 heavy (non-hydrogen) atoms. The Hall–Kier alpha value is -2.63. The fourth-order valence-corrected chi connectivity index (χ4v) is 1.49. The van der Waals surface area contributed by atoms with E-state index in [1.165, 1.54) is 22.9 Å². The molecule has 0 aliphatic carbocycles. The lowest BCUT2D eigenvalue weighted by Crippen LogP contribution is -2.40. The van der Waals surface area contributed by atoms with Gasteiger partial charge in [0.1, 0.15) is 0 Å². The van der Waals surface area contributed by atoms with E-state index in [1.807, 2.05) is 0 Å². The highest BCUT2D eigenvalue weighted by Gasteiger charge is 2.15. The van der Waals surface area contributed by atoms with E-state index < -0.39 is 4.92 Å². The largest absolute Gasteiger partial charge is 0.287 e. The van der Waals surface area contributed by atoms with Crippen molar-refractivity contribution in [3.8, 4) is 0 Å². The van der Waals surface area contributed by atoms with E-state index in [1.54, 1.807) is 30.6 Å². The molecule has 2 rings (SSSR count). The van der Waals surface area contributed by atoms with Gasteiger partial charge in [-0.3, -0.25) is 14.9 Å². The van der Waals surface area contributed by atoms with Crippen LogP contribution in [0.15, 0.2) is 48.8 Å². The van der Waals surface area contributed by atoms with E-state index in [0.717, 1.165) is 0 Å². The van der Waals surface area contributed by atoms with Crippen LogP contribution in [-0.2, 0) is 6.54 Å². The van der Waals surface area contributed by atoms with Gasteiger partial charge in [0.05, 0.1) is 11.1 Å². The van der Waals surface area contributed by atoms with E-state index in [4.69, 9.17) is 0 Å². The second-order valence-corrected chi connectivity index (χ2v) is 3.63. The van der Waals surface area contributed by atoms with Crippen molar-refractivity contribution in [3.05, 3.63) is 64.5 Å². The third-order valence-corrected chi connectivity index (χ3v) is 2.35. The Balaban J connectivity index is 2.19. The Kier molecular flexibility index (Phi) is 3.38. The minimum absolute atomic E-state index is 0.0575. The van der Waals surface area contributed by atoms with Gasteiger partial charge in [0.2, 0.25) is 12.3 Å². The fraction of sp³-hybridized carbons (Fsp3) is 0.0833. The summed E-state index contributed by atoms with van der Waals surface area (Å²) < 4.78 is 1.47. The molecular formula is C12H10N3O3+. The second-order valence-electron chi connectivity index (χ2n) is 3.63. The summed E-state index contributed by atoms with van der Waals surface area (Å²) >= 11 is 0. The number of hydrogen-bond acceptors (Lipinski definition) is 4. The van der Waals surface area contributed by atoms with Crippen molar-refractivity contribution < 1.29 is 14.4 Å². The van der Waals surface area contributed by atoms with E-state index in [0.29, 0.717) is 5.56 Å². The van der Waals surface area contributed by atoms with Gasteiger partial charge < -0.3 is 0 Å². The predicted molar refractivity (Wildman–Crippen MR) is 61.9 cm³/mol. The van der Waals surface area contributed by atoms with Gasteiger partial charge in [-0.05, 0) is 11.2 Å². The minimum atomic E-state index is -0.523. The number of non-ortho nitro benzene ring substituents is 1. The maximum Gasteiger partial charge on any atom is 0.270 e. The summed E-state index contributed by atoms with van der Waals surface area (Å²) in [4.78, 5) is 22.0. The van der Waals surface area contributed by atoms with Crippen molar-refractivity contribution in [3.63, 3.8) is 0 Å². The van der Waals surface area contributed by atoms with Crippen molar-refractivity contribution in [1.82, 2.24) is 5.10 Å². The van der Waals surface area contributed by atoms with Crippen molar-refractivity contribution in [1.29, 1.82) is 0 Å². The van der Waals surface area contributed by atoms with Crippen LogP contribution in [0.3, 0.4) is 0 Å². The summed E-state index contributed by atoms with van der Waals surface area (Å²) in [5.41, 5.74) is 0.217. The Labute approximate surface area is 103 Å². The van der Waals surface area contributed by atoms with Crippen molar-refractivity contribution >= 4 is 11.5 Å². The SMILES string of the molecule is O=C(C[n+]1ccccn1)c1cccc([N+](=O)[O-])c1. The Bertz CT molecular complexity index is 584. The first-order valence-corrected chi connectivity index (χ1v) is 5.25. The Morgan fingerprint density at radius 1 is 1.33 bits per heavy atom. The van der Waals surface area contributed by atoms with Crippen molar-refractivity contribution in [2.24, 2.45) is 0 Å². The Morgan fingerprint density at radius 2 is 2.17 bits per heavy atom. The molecule has 0 saturated heterocycles. The predicted octanol–water partition coefficient (Wildman–Crippen LogP) is 1.16. The molecule has 1 heterocycles. The van der Waals surface area contributed by atoms with Crippen molar-refractivity contribution in [2.75, 3.05) is 0 Å². The molecule has 90 valence electrons. The second kappa shape index (κ2) is 5.13.